The summed E-state index contributed by atoms with van der Waals surface area (Å²) in [5.41, 5.74) is 2.50. The van der Waals surface area contributed by atoms with Crippen molar-refractivity contribution in [2.24, 2.45) is 0 Å². The van der Waals surface area contributed by atoms with Gasteiger partial charge in [-0.15, -0.1) is 0 Å². The molecule has 4 aromatic rings. The summed E-state index contributed by atoms with van der Waals surface area (Å²) in [5, 5.41) is 5.20. The van der Waals surface area contributed by atoms with E-state index in [0.717, 1.165) is 4.47 Å². The smallest absolute Gasteiger partial charge is 0.0175 e. The predicted octanol–water partition coefficient (Wildman–Crippen LogP) is 6.42. The summed E-state index contributed by atoms with van der Waals surface area (Å²) in [6, 6.07) is 28.1. The molecule has 0 spiro atoms. The summed E-state index contributed by atoms with van der Waals surface area (Å²) in [6.07, 6.45) is 0. The number of rotatable bonds is 1. The van der Waals surface area contributed by atoms with Crippen molar-refractivity contribution in [3.63, 3.8) is 0 Å². The maximum Gasteiger partial charge on any atom is 0.0175 e. The Morgan fingerprint density at radius 2 is 1.14 bits per heavy atom. The minimum Gasteiger partial charge on any atom is -0.0616 e. The van der Waals surface area contributed by atoms with E-state index in [4.69, 9.17) is 0 Å². The van der Waals surface area contributed by atoms with Crippen LogP contribution < -0.4 is 0 Å². The Bertz CT molecular complexity index is 937. The van der Waals surface area contributed by atoms with Gasteiger partial charge in [-0.1, -0.05) is 76.6 Å². The first kappa shape index (κ1) is 12.6. The third-order valence-electron chi connectivity index (χ3n) is 3.92. The first-order valence-electron chi connectivity index (χ1n) is 6.99. The molecule has 4 rings (SSSR count). The monoisotopic (exact) mass is 332 g/mol. The van der Waals surface area contributed by atoms with E-state index >= 15 is 0 Å². The van der Waals surface area contributed by atoms with Crippen LogP contribution in [0.25, 0.3) is 32.7 Å². The second-order valence-corrected chi connectivity index (χ2v) is 6.15. The van der Waals surface area contributed by atoms with Crippen LogP contribution in [0.1, 0.15) is 0 Å². The number of hydrogen-bond donors (Lipinski definition) is 0. The molecule has 0 fully saturated rings. The van der Waals surface area contributed by atoms with E-state index in [0.29, 0.717) is 0 Å². The minimum atomic E-state index is 1.11. The second kappa shape index (κ2) is 5.01. The normalized spacial score (nSPS) is 11.1. The van der Waals surface area contributed by atoms with Crippen LogP contribution in [-0.2, 0) is 0 Å². The molecule has 0 saturated carbocycles. The maximum absolute atomic E-state index is 3.49. The molecular formula is C20H13Br. The fourth-order valence-corrected chi connectivity index (χ4v) is 3.09. The molecule has 0 bridgehead atoms. The van der Waals surface area contributed by atoms with Gasteiger partial charge in [0.1, 0.15) is 0 Å². The van der Waals surface area contributed by atoms with Gasteiger partial charge < -0.3 is 0 Å². The van der Waals surface area contributed by atoms with Crippen molar-refractivity contribution in [1.29, 1.82) is 0 Å². The molecule has 0 aromatic heterocycles. The highest BCUT2D eigenvalue weighted by atomic mass is 79.9. The van der Waals surface area contributed by atoms with E-state index in [1.54, 1.807) is 0 Å². The molecule has 21 heavy (non-hydrogen) atoms. The molecule has 0 radical (unpaired) electrons. The van der Waals surface area contributed by atoms with Gasteiger partial charge in [-0.25, -0.2) is 0 Å². The van der Waals surface area contributed by atoms with Crippen LogP contribution in [0.5, 0.6) is 0 Å². The Morgan fingerprint density at radius 3 is 1.95 bits per heavy atom. The first-order chi connectivity index (χ1) is 10.3. The van der Waals surface area contributed by atoms with Crippen molar-refractivity contribution in [1.82, 2.24) is 0 Å². The Balaban J connectivity index is 2.00. The lowest BCUT2D eigenvalue weighted by molar-refractivity contribution is 1.61. The average Bonchev–Trinajstić information content (AvgIpc) is 2.55. The molecular weight excluding hydrogens is 320 g/mol. The summed E-state index contributed by atoms with van der Waals surface area (Å²) in [6.45, 7) is 0. The van der Waals surface area contributed by atoms with Crippen molar-refractivity contribution >= 4 is 37.5 Å². The standard InChI is InChI=1S/C20H13Br/c21-18-11-9-14(10-12-18)17-8-7-16-6-5-15-3-1-2-4-19(15)20(16)13-17/h1-13H. The molecule has 100 valence electrons. The fourth-order valence-electron chi connectivity index (χ4n) is 2.82. The van der Waals surface area contributed by atoms with E-state index in [1.165, 1.54) is 32.7 Å². The third-order valence-corrected chi connectivity index (χ3v) is 4.45. The Kier molecular flexibility index (Phi) is 3.01. The maximum atomic E-state index is 3.49. The molecule has 0 saturated heterocycles. The van der Waals surface area contributed by atoms with Gasteiger partial charge in [0.15, 0.2) is 0 Å². The Hall–Kier alpha value is -2.12. The fraction of sp³-hybridized carbons (Fsp3) is 0. The third kappa shape index (κ3) is 2.24. The second-order valence-electron chi connectivity index (χ2n) is 5.23. The zero-order valence-corrected chi connectivity index (χ0v) is 13.0. The van der Waals surface area contributed by atoms with Crippen LogP contribution in [0.2, 0.25) is 0 Å². The van der Waals surface area contributed by atoms with Crippen LogP contribution in [0.15, 0.2) is 83.3 Å². The molecule has 0 heterocycles. The zero-order valence-electron chi connectivity index (χ0n) is 11.4. The minimum absolute atomic E-state index is 1.11. The summed E-state index contributed by atoms with van der Waals surface area (Å²) < 4.78 is 1.11. The molecule has 0 amide bonds. The van der Waals surface area contributed by atoms with Gasteiger partial charge >= 0.3 is 0 Å². The lowest BCUT2D eigenvalue weighted by atomic mass is 9.97. The van der Waals surface area contributed by atoms with Crippen molar-refractivity contribution in [3.8, 4) is 11.1 Å². The van der Waals surface area contributed by atoms with Crippen LogP contribution in [0.4, 0.5) is 0 Å². The van der Waals surface area contributed by atoms with Crippen molar-refractivity contribution in [2.75, 3.05) is 0 Å². The quantitative estimate of drug-likeness (QED) is 0.352. The van der Waals surface area contributed by atoms with E-state index in [-0.39, 0.29) is 0 Å². The molecule has 0 unspecified atom stereocenters. The number of benzene rings is 4. The highest BCUT2D eigenvalue weighted by Crippen LogP contribution is 2.30. The molecule has 1 heteroatoms. The SMILES string of the molecule is Brc1ccc(-c2ccc3ccc4ccccc4c3c2)cc1. The van der Waals surface area contributed by atoms with E-state index in [2.05, 4.69) is 94.8 Å². The van der Waals surface area contributed by atoms with Crippen molar-refractivity contribution < 1.29 is 0 Å². The summed E-state index contributed by atoms with van der Waals surface area (Å²) in [7, 11) is 0. The van der Waals surface area contributed by atoms with Gasteiger partial charge in [-0.2, -0.15) is 0 Å². The van der Waals surface area contributed by atoms with Gasteiger partial charge in [-0.3, -0.25) is 0 Å². The first-order valence-corrected chi connectivity index (χ1v) is 7.78. The molecule has 0 aliphatic heterocycles. The van der Waals surface area contributed by atoms with Crippen LogP contribution in [0, 0.1) is 0 Å². The van der Waals surface area contributed by atoms with Gasteiger partial charge in [0.25, 0.3) is 0 Å². The average molecular weight is 333 g/mol. The molecule has 0 aliphatic rings. The summed E-state index contributed by atoms with van der Waals surface area (Å²) in [5.74, 6) is 0. The van der Waals surface area contributed by atoms with Crippen molar-refractivity contribution in [3.05, 3.63) is 83.3 Å². The van der Waals surface area contributed by atoms with E-state index in [1.807, 2.05) is 0 Å². The van der Waals surface area contributed by atoms with E-state index in [9.17, 15) is 0 Å². The highest BCUT2D eigenvalue weighted by molar-refractivity contribution is 9.10. The molecule has 4 aromatic carbocycles. The summed E-state index contributed by atoms with van der Waals surface area (Å²) in [4.78, 5) is 0. The van der Waals surface area contributed by atoms with E-state index < -0.39 is 0 Å². The molecule has 0 aliphatic carbocycles. The lowest BCUT2D eigenvalue weighted by Crippen LogP contribution is -1.81. The largest absolute Gasteiger partial charge is 0.0616 e. The van der Waals surface area contributed by atoms with Crippen molar-refractivity contribution in [2.45, 2.75) is 0 Å². The topological polar surface area (TPSA) is 0 Å². The lowest BCUT2D eigenvalue weighted by Gasteiger charge is -2.07. The highest BCUT2D eigenvalue weighted by Gasteiger charge is 2.03. The molecule has 0 atom stereocenters. The molecule has 0 nitrogen and oxygen atoms in total. The predicted molar refractivity (Wildman–Crippen MR) is 94.6 cm³/mol. The van der Waals surface area contributed by atoms with Crippen LogP contribution in [-0.4, -0.2) is 0 Å². The van der Waals surface area contributed by atoms with Crippen LogP contribution >= 0.6 is 15.9 Å². The Morgan fingerprint density at radius 1 is 0.524 bits per heavy atom. The van der Waals surface area contributed by atoms with Gasteiger partial charge in [0.05, 0.1) is 0 Å². The van der Waals surface area contributed by atoms with Gasteiger partial charge in [-0.05, 0) is 50.9 Å². The zero-order chi connectivity index (χ0) is 14.2. The number of fused-ring (bicyclic) bond motifs is 3. The van der Waals surface area contributed by atoms with Crippen LogP contribution in [0.3, 0.4) is 0 Å². The number of hydrogen-bond acceptors (Lipinski definition) is 0. The van der Waals surface area contributed by atoms with Gasteiger partial charge in [0.2, 0.25) is 0 Å². The number of halogens is 1. The Labute approximate surface area is 132 Å². The summed E-state index contributed by atoms with van der Waals surface area (Å²) >= 11 is 3.49. The van der Waals surface area contributed by atoms with Gasteiger partial charge in [0, 0.05) is 4.47 Å². The molecule has 0 N–H and O–H groups in total.